The van der Waals surface area contributed by atoms with Gasteiger partial charge in [-0.05, 0) is 56.5 Å². The number of para-hydroxylation sites is 2. The Kier molecular flexibility index (Phi) is 6.08. The predicted octanol–water partition coefficient (Wildman–Crippen LogP) is 2.59. The van der Waals surface area contributed by atoms with Crippen molar-refractivity contribution in [3.05, 3.63) is 64.6 Å². The molecule has 0 amide bonds. The number of hydrogen-bond acceptors (Lipinski definition) is 5. The second-order valence-corrected chi connectivity index (χ2v) is 9.73. The standard InChI is InChI=1S/C22H27N3O4S/c1-17-8-10-19(11-9-17)30(27,28)23-15-18-5-4-12-24(16-18)13-14-25-20-6-2-3-7-21(20)29-22(25)26/h2-3,6-11,18,23H,4-5,12-16H2,1H3. The van der Waals surface area contributed by atoms with Crippen molar-refractivity contribution < 1.29 is 12.8 Å². The summed E-state index contributed by atoms with van der Waals surface area (Å²) in [7, 11) is -3.50. The normalized spacial score (nSPS) is 18.1. The third-order valence-corrected chi connectivity index (χ3v) is 7.15. The molecule has 1 unspecified atom stereocenters. The summed E-state index contributed by atoms with van der Waals surface area (Å²) in [6, 6.07) is 14.3. The summed E-state index contributed by atoms with van der Waals surface area (Å²) in [5.41, 5.74) is 2.44. The van der Waals surface area contributed by atoms with Crippen molar-refractivity contribution in [3.8, 4) is 0 Å². The Morgan fingerprint density at radius 3 is 2.67 bits per heavy atom. The van der Waals surface area contributed by atoms with E-state index in [9.17, 15) is 13.2 Å². The van der Waals surface area contributed by atoms with Crippen molar-refractivity contribution in [2.45, 2.75) is 31.2 Å². The Balaban J connectivity index is 1.34. The van der Waals surface area contributed by atoms with E-state index in [-0.39, 0.29) is 11.7 Å². The van der Waals surface area contributed by atoms with Crippen LogP contribution in [0.4, 0.5) is 0 Å². The average Bonchev–Trinajstić information content (AvgIpc) is 3.06. The number of sulfonamides is 1. The van der Waals surface area contributed by atoms with Gasteiger partial charge in [0.05, 0.1) is 10.4 Å². The van der Waals surface area contributed by atoms with Crippen LogP contribution in [0.25, 0.3) is 11.1 Å². The number of oxazole rings is 1. The van der Waals surface area contributed by atoms with Crippen molar-refractivity contribution in [1.82, 2.24) is 14.2 Å². The smallest absolute Gasteiger partial charge is 0.408 e. The fourth-order valence-electron chi connectivity index (χ4n) is 4.02. The monoisotopic (exact) mass is 429 g/mol. The molecule has 2 aromatic carbocycles. The number of nitrogens with zero attached hydrogens (tertiary/aromatic N) is 2. The van der Waals surface area contributed by atoms with Crippen molar-refractivity contribution >= 4 is 21.1 Å². The van der Waals surface area contributed by atoms with Crippen molar-refractivity contribution in [3.63, 3.8) is 0 Å². The Morgan fingerprint density at radius 1 is 1.10 bits per heavy atom. The lowest BCUT2D eigenvalue weighted by molar-refractivity contribution is 0.170. The lowest BCUT2D eigenvalue weighted by atomic mass is 9.98. The number of likely N-dealkylation sites (tertiary alicyclic amines) is 1. The van der Waals surface area contributed by atoms with Crippen LogP contribution in [0.2, 0.25) is 0 Å². The molecule has 3 aromatic rings. The van der Waals surface area contributed by atoms with Crippen LogP contribution in [0.3, 0.4) is 0 Å². The van der Waals surface area contributed by atoms with Gasteiger partial charge in [-0.1, -0.05) is 29.8 Å². The van der Waals surface area contributed by atoms with E-state index >= 15 is 0 Å². The van der Waals surface area contributed by atoms with E-state index in [0.29, 0.717) is 23.6 Å². The molecule has 0 radical (unpaired) electrons. The average molecular weight is 430 g/mol. The maximum absolute atomic E-state index is 12.5. The summed E-state index contributed by atoms with van der Waals surface area (Å²) < 4.78 is 34.8. The summed E-state index contributed by atoms with van der Waals surface area (Å²) in [6.45, 7) is 5.39. The molecular weight excluding hydrogens is 402 g/mol. The van der Waals surface area contributed by atoms with Crippen LogP contribution in [-0.4, -0.2) is 44.1 Å². The van der Waals surface area contributed by atoms with Crippen LogP contribution in [0.5, 0.6) is 0 Å². The van der Waals surface area contributed by atoms with Crippen LogP contribution >= 0.6 is 0 Å². The summed E-state index contributed by atoms with van der Waals surface area (Å²) in [5, 5.41) is 0. The summed E-state index contributed by atoms with van der Waals surface area (Å²) >= 11 is 0. The zero-order valence-corrected chi connectivity index (χ0v) is 17.9. The van der Waals surface area contributed by atoms with Gasteiger partial charge in [-0.3, -0.25) is 4.57 Å². The topological polar surface area (TPSA) is 84.5 Å². The maximum Gasteiger partial charge on any atom is 0.419 e. The van der Waals surface area contributed by atoms with Crippen molar-refractivity contribution in [1.29, 1.82) is 0 Å². The highest BCUT2D eigenvalue weighted by Gasteiger charge is 2.23. The van der Waals surface area contributed by atoms with E-state index in [1.54, 1.807) is 34.9 Å². The first-order chi connectivity index (χ1) is 14.4. The number of hydrogen-bond donors (Lipinski definition) is 1. The first-order valence-electron chi connectivity index (χ1n) is 10.3. The van der Waals surface area contributed by atoms with Gasteiger partial charge in [-0.25, -0.2) is 17.9 Å². The number of aromatic nitrogens is 1. The predicted molar refractivity (Wildman–Crippen MR) is 116 cm³/mol. The third-order valence-electron chi connectivity index (χ3n) is 5.71. The molecular formula is C22H27N3O4S. The van der Waals surface area contributed by atoms with Crippen LogP contribution in [0.15, 0.2) is 62.6 Å². The van der Waals surface area contributed by atoms with E-state index in [4.69, 9.17) is 4.42 Å². The van der Waals surface area contributed by atoms with Crippen molar-refractivity contribution in [2.75, 3.05) is 26.2 Å². The second-order valence-electron chi connectivity index (χ2n) is 7.96. The highest BCUT2D eigenvalue weighted by Crippen LogP contribution is 2.18. The Bertz CT molecular complexity index is 1170. The molecule has 0 bridgehead atoms. The molecule has 160 valence electrons. The first kappa shape index (κ1) is 20.8. The number of benzene rings is 2. The maximum atomic E-state index is 12.5. The largest absolute Gasteiger partial charge is 0.419 e. The van der Waals surface area contributed by atoms with Crippen LogP contribution < -0.4 is 10.5 Å². The number of piperidine rings is 1. The molecule has 7 nitrogen and oxygen atoms in total. The fraction of sp³-hybridized carbons (Fsp3) is 0.409. The molecule has 0 aliphatic carbocycles. The molecule has 4 rings (SSSR count). The highest BCUT2D eigenvalue weighted by molar-refractivity contribution is 7.89. The zero-order chi connectivity index (χ0) is 21.1. The third kappa shape index (κ3) is 4.66. The molecule has 0 saturated carbocycles. The molecule has 30 heavy (non-hydrogen) atoms. The fourth-order valence-corrected chi connectivity index (χ4v) is 5.13. The minimum Gasteiger partial charge on any atom is -0.408 e. The Hall–Kier alpha value is -2.42. The molecule has 0 spiro atoms. The quantitative estimate of drug-likeness (QED) is 0.624. The molecule has 1 atom stereocenters. The van der Waals surface area contributed by atoms with Crippen LogP contribution in [-0.2, 0) is 16.6 Å². The Morgan fingerprint density at radius 2 is 1.87 bits per heavy atom. The SMILES string of the molecule is Cc1ccc(S(=O)(=O)NCC2CCCN(CCn3c(=O)oc4ccccc43)C2)cc1. The lowest BCUT2D eigenvalue weighted by Gasteiger charge is -2.32. The second kappa shape index (κ2) is 8.75. The van der Waals surface area contributed by atoms with Gasteiger partial charge in [0.2, 0.25) is 10.0 Å². The van der Waals surface area contributed by atoms with Gasteiger partial charge < -0.3 is 9.32 Å². The minimum atomic E-state index is -3.50. The summed E-state index contributed by atoms with van der Waals surface area (Å²) in [4.78, 5) is 14.7. The minimum absolute atomic E-state index is 0.247. The van der Waals surface area contributed by atoms with E-state index in [1.165, 1.54) is 0 Å². The lowest BCUT2D eigenvalue weighted by Crippen LogP contribution is -2.42. The van der Waals surface area contributed by atoms with E-state index in [2.05, 4.69) is 9.62 Å². The number of nitrogens with one attached hydrogen (secondary N) is 1. The van der Waals surface area contributed by atoms with E-state index in [1.807, 2.05) is 25.1 Å². The molecule has 1 aliphatic rings. The summed E-state index contributed by atoms with van der Waals surface area (Å²) in [6.07, 6.45) is 2.00. The number of fused-ring (bicyclic) bond motifs is 1. The van der Waals surface area contributed by atoms with Gasteiger partial charge in [-0.2, -0.15) is 0 Å². The molecule has 1 fully saturated rings. The van der Waals surface area contributed by atoms with Gasteiger partial charge in [0, 0.05) is 26.2 Å². The molecule has 1 aromatic heterocycles. The van der Waals surface area contributed by atoms with E-state index in [0.717, 1.165) is 43.6 Å². The molecule has 2 heterocycles. The van der Waals surface area contributed by atoms with Gasteiger partial charge in [0.15, 0.2) is 5.58 Å². The number of rotatable bonds is 7. The molecule has 1 aliphatic heterocycles. The highest BCUT2D eigenvalue weighted by atomic mass is 32.2. The van der Waals surface area contributed by atoms with Gasteiger partial charge >= 0.3 is 5.76 Å². The molecule has 1 N–H and O–H groups in total. The van der Waals surface area contributed by atoms with Gasteiger partial charge in [0.1, 0.15) is 0 Å². The first-order valence-corrected chi connectivity index (χ1v) is 11.8. The van der Waals surface area contributed by atoms with Crippen molar-refractivity contribution in [2.24, 2.45) is 5.92 Å². The zero-order valence-electron chi connectivity index (χ0n) is 17.1. The summed E-state index contributed by atoms with van der Waals surface area (Å²) in [5.74, 6) is -0.0904. The van der Waals surface area contributed by atoms with Gasteiger partial charge in [-0.15, -0.1) is 0 Å². The van der Waals surface area contributed by atoms with Crippen LogP contribution in [0.1, 0.15) is 18.4 Å². The number of aryl methyl sites for hydroxylation is 1. The van der Waals surface area contributed by atoms with E-state index < -0.39 is 10.0 Å². The molecule has 8 heteroatoms. The van der Waals surface area contributed by atoms with Gasteiger partial charge in [0.25, 0.3) is 0 Å². The van der Waals surface area contributed by atoms with Crippen LogP contribution in [0, 0.1) is 12.8 Å². The molecule has 1 saturated heterocycles. The Labute approximate surface area is 176 Å².